The summed E-state index contributed by atoms with van der Waals surface area (Å²) >= 11 is 0. The number of carbonyl (C=O) groups excluding carboxylic acids is 1. The molecule has 502 valence electrons. The summed E-state index contributed by atoms with van der Waals surface area (Å²) in [6, 6.07) is -0.929. The number of aliphatic hydroxyl groups excluding tert-OH is 8. The molecule has 2 aliphatic rings. The van der Waals surface area contributed by atoms with Crippen LogP contribution in [0.1, 0.15) is 328 Å². The van der Waals surface area contributed by atoms with Gasteiger partial charge < -0.3 is 65.1 Å². The van der Waals surface area contributed by atoms with Crippen molar-refractivity contribution in [3.8, 4) is 0 Å². The predicted octanol–water partition coefficient (Wildman–Crippen LogP) is 14.7. The van der Waals surface area contributed by atoms with E-state index in [1.54, 1.807) is 6.08 Å². The van der Waals surface area contributed by atoms with Crippen molar-refractivity contribution in [2.45, 2.75) is 402 Å². The summed E-state index contributed by atoms with van der Waals surface area (Å²) < 4.78 is 22.9. The molecule has 1 amide bonds. The topological polar surface area (TPSA) is 228 Å². The van der Waals surface area contributed by atoms with Gasteiger partial charge in [-0.25, -0.2) is 0 Å². The highest BCUT2D eigenvalue weighted by atomic mass is 16.7. The lowest BCUT2D eigenvalue weighted by Gasteiger charge is -2.46. The molecule has 85 heavy (non-hydrogen) atoms. The number of hydrogen-bond acceptors (Lipinski definition) is 13. The Morgan fingerprint density at radius 3 is 1.15 bits per heavy atom. The third-order valence-corrected chi connectivity index (χ3v) is 17.9. The highest BCUT2D eigenvalue weighted by molar-refractivity contribution is 5.76. The van der Waals surface area contributed by atoms with Crippen LogP contribution in [0.25, 0.3) is 0 Å². The minimum Gasteiger partial charge on any atom is -0.394 e. The van der Waals surface area contributed by atoms with Gasteiger partial charge in [0.05, 0.1) is 32.0 Å². The Kier molecular flexibility index (Phi) is 52.8. The third kappa shape index (κ3) is 40.8. The van der Waals surface area contributed by atoms with E-state index in [4.69, 9.17) is 18.9 Å². The quantitative estimate of drug-likeness (QED) is 0.0204. The van der Waals surface area contributed by atoms with Crippen LogP contribution in [0.4, 0.5) is 0 Å². The molecule has 2 fully saturated rings. The van der Waals surface area contributed by atoms with E-state index in [1.165, 1.54) is 263 Å². The van der Waals surface area contributed by atoms with E-state index in [9.17, 15) is 45.6 Å². The van der Waals surface area contributed by atoms with E-state index in [0.717, 1.165) is 32.1 Å². The van der Waals surface area contributed by atoms with Crippen molar-refractivity contribution in [3.05, 3.63) is 24.3 Å². The smallest absolute Gasteiger partial charge is 0.220 e. The average molecular weight is 1210 g/mol. The van der Waals surface area contributed by atoms with E-state index >= 15 is 0 Å². The highest BCUT2D eigenvalue weighted by Gasteiger charge is 2.51. The minimum atomic E-state index is -1.79. The summed E-state index contributed by atoms with van der Waals surface area (Å²) in [7, 11) is 0. The number of unbranched alkanes of at least 4 members (excludes halogenated alkanes) is 45. The van der Waals surface area contributed by atoms with Gasteiger partial charge in [0.2, 0.25) is 5.91 Å². The van der Waals surface area contributed by atoms with Crippen LogP contribution in [0.3, 0.4) is 0 Å². The molecular formula is C71H135NO13. The zero-order chi connectivity index (χ0) is 61.6. The Hall–Kier alpha value is -1.53. The van der Waals surface area contributed by atoms with E-state index in [0.29, 0.717) is 12.8 Å². The molecule has 2 saturated heterocycles. The second-order valence-electron chi connectivity index (χ2n) is 25.7. The number of rotatable bonds is 60. The number of nitrogens with one attached hydrogen (secondary N) is 1. The van der Waals surface area contributed by atoms with Gasteiger partial charge in [-0.05, 0) is 32.1 Å². The Morgan fingerprint density at radius 1 is 0.412 bits per heavy atom. The van der Waals surface area contributed by atoms with E-state index < -0.39 is 86.8 Å². The van der Waals surface area contributed by atoms with Gasteiger partial charge in [0.15, 0.2) is 12.6 Å². The molecule has 0 radical (unpaired) electrons. The van der Waals surface area contributed by atoms with Gasteiger partial charge >= 0.3 is 0 Å². The van der Waals surface area contributed by atoms with Crippen LogP contribution in [-0.4, -0.2) is 140 Å². The number of carbonyl (C=O) groups is 1. The Bertz CT molecular complexity index is 1520. The van der Waals surface area contributed by atoms with Gasteiger partial charge in [-0.15, -0.1) is 0 Å². The van der Waals surface area contributed by atoms with Crippen molar-refractivity contribution in [2.75, 3.05) is 19.8 Å². The maximum atomic E-state index is 13.3. The fraction of sp³-hybridized carbons (Fsp3) is 0.930. The molecule has 2 aliphatic heterocycles. The van der Waals surface area contributed by atoms with Crippen LogP contribution in [0.15, 0.2) is 24.3 Å². The van der Waals surface area contributed by atoms with E-state index in [1.807, 2.05) is 6.08 Å². The molecule has 0 aromatic rings. The lowest BCUT2D eigenvalue weighted by Crippen LogP contribution is -2.65. The van der Waals surface area contributed by atoms with Gasteiger partial charge in [0.1, 0.15) is 48.8 Å². The molecule has 9 N–H and O–H groups in total. The van der Waals surface area contributed by atoms with Gasteiger partial charge in [-0.1, -0.05) is 314 Å². The second-order valence-corrected chi connectivity index (χ2v) is 25.7. The van der Waals surface area contributed by atoms with Crippen LogP contribution in [-0.2, 0) is 23.7 Å². The molecular weight excluding hydrogens is 1070 g/mol. The van der Waals surface area contributed by atoms with Crippen LogP contribution in [0, 0.1) is 0 Å². The van der Waals surface area contributed by atoms with Crippen molar-refractivity contribution >= 4 is 5.91 Å². The molecule has 0 spiro atoms. The van der Waals surface area contributed by atoms with Crippen LogP contribution >= 0.6 is 0 Å². The van der Waals surface area contributed by atoms with Gasteiger partial charge in [-0.3, -0.25) is 4.79 Å². The molecule has 0 saturated carbocycles. The minimum absolute atomic E-state index is 0.241. The van der Waals surface area contributed by atoms with Gasteiger partial charge in [0.25, 0.3) is 0 Å². The summed E-state index contributed by atoms with van der Waals surface area (Å²) in [4.78, 5) is 13.3. The number of amides is 1. The molecule has 0 aromatic heterocycles. The Labute approximate surface area is 519 Å². The molecule has 2 rings (SSSR count). The molecule has 14 heteroatoms. The molecule has 12 atom stereocenters. The van der Waals surface area contributed by atoms with Crippen molar-refractivity contribution in [1.82, 2.24) is 5.32 Å². The van der Waals surface area contributed by atoms with E-state index in [-0.39, 0.29) is 18.9 Å². The molecule has 2 heterocycles. The third-order valence-electron chi connectivity index (χ3n) is 17.9. The van der Waals surface area contributed by atoms with Gasteiger partial charge in [0, 0.05) is 6.42 Å². The maximum Gasteiger partial charge on any atom is 0.220 e. The van der Waals surface area contributed by atoms with Crippen molar-refractivity contribution < 1.29 is 64.6 Å². The first-order valence-corrected chi connectivity index (χ1v) is 36.1. The van der Waals surface area contributed by atoms with Crippen LogP contribution in [0.2, 0.25) is 0 Å². The monoisotopic (exact) mass is 1210 g/mol. The van der Waals surface area contributed by atoms with Crippen molar-refractivity contribution in [3.63, 3.8) is 0 Å². The summed E-state index contributed by atoms with van der Waals surface area (Å²) in [5.41, 5.74) is 0. The Morgan fingerprint density at radius 2 is 0.753 bits per heavy atom. The number of ether oxygens (including phenoxy) is 4. The lowest BCUT2D eigenvalue weighted by atomic mass is 9.97. The SMILES string of the molecule is CCCCCCCCCCCCCCCCCCCC/C=C/CC/C=C/C(O)C(COC1OC(CO)C(OC2OC(CO)C(O)C(O)C2O)C(O)C1O)NC(=O)CCCCCCCCCCCCCCCCCCCCCCCCCCCCC. The first-order valence-electron chi connectivity index (χ1n) is 36.1. The zero-order valence-electron chi connectivity index (χ0n) is 54.6. The van der Waals surface area contributed by atoms with Crippen molar-refractivity contribution in [2.24, 2.45) is 0 Å². The van der Waals surface area contributed by atoms with Crippen molar-refractivity contribution in [1.29, 1.82) is 0 Å². The number of allylic oxidation sites excluding steroid dienone is 3. The molecule has 12 unspecified atom stereocenters. The molecule has 0 aromatic carbocycles. The number of aliphatic hydroxyl groups is 8. The standard InChI is InChI=1S/C71H135NO13/c1-3-5-7-9-11-13-15-17-19-21-23-25-27-29-30-31-33-35-37-39-41-43-45-47-49-51-53-55-63(76)72-59(58-82-70-68(81)66(79)69(62(57-74)84-70)85-71-67(80)65(78)64(77)61(56-73)83-71)60(75)54-52-50-48-46-44-42-40-38-36-34-32-28-26-24-22-20-18-16-14-12-10-8-6-4-2/h44,46,52,54,59-62,64-71,73-75,77-81H,3-43,45,47-51,53,55-58H2,1-2H3,(H,72,76)/b46-44+,54-52+. The average Bonchev–Trinajstić information content (AvgIpc) is 3.68. The normalized spacial score (nSPS) is 23.6. The first kappa shape index (κ1) is 79.6. The summed E-state index contributed by atoms with van der Waals surface area (Å²) in [5.74, 6) is -0.241. The second kappa shape index (κ2) is 56.5. The Balaban J connectivity index is 1.68. The van der Waals surface area contributed by atoms with Gasteiger partial charge in [-0.2, -0.15) is 0 Å². The zero-order valence-corrected chi connectivity index (χ0v) is 54.6. The van der Waals surface area contributed by atoms with Crippen LogP contribution in [0.5, 0.6) is 0 Å². The summed E-state index contributed by atoms with van der Waals surface area (Å²) in [6.07, 6.45) is 53.9. The molecule has 0 bridgehead atoms. The predicted molar refractivity (Wildman–Crippen MR) is 346 cm³/mol. The van der Waals surface area contributed by atoms with E-state index in [2.05, 4.69) is 31.3 Å². The summed E-state index contributed by atoms with van der Waals surface area (Å²) in [6.45, 7) is 2.84. The molecule has 14 nitrogen and oxygen atoms in total. The van der Waals surface area contributed by atoms with Crippen LogP contribution < -0.4 is 5.32 Å². The highest BCUT2D eigenvalue weighted by Crippen LogP contribution is 2.30. The molecule has 0 aliphatic carbocycles. The number of hydrogen-bond donors (Lipinski definition) is 9. The largest absolute Gasteiger partial charge is 0.394 e. The lowest BCUT2D eigenvalue weighted by molar-refractivity contribution is -0.359. The summed E-state index contributed by atoms with van der Waals surface area (Å²) in [5, 5.41) is 87.4. The maximum absolute atomic E-state index is 13.3. The fourth-order valence-corrected chi connectivity index (χ4v) is 12.1. The first-order chi connectivity index (χ1) is 41.6. The fourth-order valence-electron chi connectivity index (χ4n) is 12.1.